The highest BCUT2D eigenvalue weighted by molar-refractivity contribution is 7.22. The van der Waals surface area contributed by atoms with Crippen LogP contribution in [-0.4, -0.2) is 35.6 Å². The zero-order valence-electron chi connectivity index (χ0n) is 11.6. The lowest BCUT2D eigenvalue weighted by Crippen LogP contribution is -2.30. The van der Waals surface area contributed by atoms with Crippen LogP contribution in [0.15, 0.2) is 18.2 Å². The number of nitrogens with zero attached hydrogens (tertiary/aromatic N) is 2. The lowest BCUT2D eigenvalue weighted by Gasteiger charge is -2.19. The van der Waals surface area contributed by atoms with Gasteiger partial charge in [0.05, 0.1) is 10.2 Å². The Hall–Kier alpha value is -1.13. The Labute approximate surface area is 118 Å². The molecule has 0 unspecified atom stereocenters. The number of fused-ring (bicyclic) bond motifs is 1. The predicted molar refractivity (Wildman–Crippen MR) is 83.1 cm³/mol. The van der Waals surface area contributed by atoms with E-state index in [0.717, 1.165) is 36.3 Å². The molecule has 2 aromatic rings. The van der Waals surface area contributed by atoms with Gasteiger partial charge in [0, 0.05) is 19.1 Å². The molecule has 102 valence electrons. The maximum Gasteiger partial charge on any atom is 0.183 e. The number of aryl methyl sites for hydroxylation is 1. The fourth-order valence-electron chi connectivity index (χ4n) is 2.51. The highest BCUT2D eigenvalue weighted by Gasteiger charge is 2.27. The molecule has 1 aromatic carbocycles. The van der Waals surface area contributed by atoms with E-state index < -0.39 is 0 Å². The number of anilines is 1. The molecule has 3 nitrogen and oxygen atoms in total. The van der Waals surface area contributed by atoms with E-state index in [2.05, 4.69) is 47.2 Å². The summed E-state index contributed by atoms with van der Waals surface area (Å²) in [6.07, 6.45) is 2.77. The van der Waals surface area contributed by atoms with Crippen molar-refractivity contribution in [3.63, 3.8) is 0 Å². The van der Waals surface area contributed by atoms with Crippen molar-refractivity contribution in [3.05, 3.63) is 23.8 Å². The van der Waals surface area contributed by atoms with Crippen LogP contribution in [0.5, 0.6) is 0 Å². The van der Waals surface area contributed by atoms with Gasteiger partial charge in [-0.25, -0.2) is 4.98 Å². The van der Waals surface area contributed by atoms with Crippen LogP contribution in [-0.2, 0) is 0 Å². The van der Waals surface area contributed by atoms with Gasteiger partial charge in [-0.1, -0.05) is 30.4 Å². The number of para-hydroxylation sites is 1. The van der Waals surface area contributed by atoms with E-state index in [-0.39, 0.29) is 0 Å². The Morgan fingerprint density at radius 3 is 2.95 bits per heavy atom. The van der Waals surface area contributed by atoms with Gasteiger partial charge >= 0.3 is 0 Å². The van der Waals surface area contributed by atoms with Gasteiger partial charge in [0.25, 0.3) is 0 Å². The molecule has 0 bridgehead atoms. The quantitative estimate of drug-likeness (QED) is 0.874. The molecule has 0 saturated heterocycles. The first kappa shape index (κ1) is 12.9. The summed E-state index contributed by atoms with van der Waals surface area (Å²) in [5.74, 6) is 0. The van der Waals surface area contributed by atoms with Crippen molar-refractivity contribution in [2.45, 2.75) is 32.7 Å². The highest BCUT2D eigenvalue weighted by atomic mass is 32.1. The Morgan fingerprint density at radius 2 is 2.26 bits per heavy atom. The van der Waals surface area contributed by atoms with Crippen molar-refractivity contribution < 1.29 is 0 Å². The van der Waals surface area contributed by atoms with Crippen molar-refractivity contribution in [1.82, 2.24) is 9.88 Å². The number of aromatic nitrogens is 1. The molecule has 4 heteroatoms. The second-order valence-corrected chi connectivity index (χ2v) is 6.26. The molecular weight excluding hydrogens is 254 g/mol. The smallest absolute Gasteiger partial charge is 0.183 e. The zero-order valence-corrected chi connectivity index (χ0v) is 12.5. The van der Waals surface area contributed by atoms with Crippen molar-refractivity contribution in [3.8, 4) is 0 Å². The normalized spacial score (nSPS) is 15.3. The van der Waals surface area contributed by atoms with Crippen LogP contribution in [0.25, 0.3) is 10.2 Å². The Balaban J connectivity index is 1.60. The topological polar surface area (TPSA) is 28.2 Å². The monoisotopic (exact) mass is 275 g/mol. The molecule has 1 heterocycles. The van der Waals surface area contributed by atoms with Gasteiger partial charge in [-0.3, -0.25) is 4.90 Å². The van der Waals surface area contributed by atoms with Gasteiger partial charge < -0.3 is 5.32 Å². The van der Waals surface area contributed by atoms with Gasteiger partial charge in [-0.2, -0.15) is 0 Å². The van der Waals surface area contributed by atoms with Gasteiger partial charge in [-0.15, -0.1) is 0 Å². The summed E-state index contributed by atoms with van der Waals surface area (Å²) in [5, 5.41) is 4.53. The second-order valence-electron chi connectivity index (χ2n) is 5.23. The van der Waals surface area contributed by atoms with Crippen LogP contribution in [0.3, 0.4) is 0 Å². The van der Waals surface area contributed by atoms with E-state index in [1.807, 2.05) is 0 Å². The third-order valence-corrected chi connectivity index (χ3v) is 4.74. The van der Waals surface area contributed by atoms with E-state index in [4.69, 9.17) is 0 Å². The Kier molecular flexibility index (Phi) is 3.71. The molecule has 1 aliphatic carbocycles. The summed E-state index contributed by atoms with van der Waals surface area (Å²) >= 11 is 1.75. The molecule has 0 spiro atoms. The third kappa shape index (κ3) is 2.90. The average Bonchev–Trinajstić information content (AvgIpc) is 3.15. The standard InChI is InChI=1S/C15H21N3S/c1-3-18(12-7-8-12)10-9-16-15-17-14-11(2)5-4-6-13(14)19-15/h4-6,12H,3,7-10H2,1-2H3,(H,16,17). The van der Waals surface area contributed by atoms with E-state index in [9.17, 15) is 0 Å². The molecule has 19 heavy (non-hydrogen) atoms. The summed E-state index contributed by atoms with van der Waals surface area (Å²) in [7, 11) is 0. The van der Waals surface area contributed by atoms with Crippen molar-refractivity contribution >= 4 is 26.7 Å². The number of nitrogens with one attached hydrogen (secondary N) is 1. The minimum atomic E-state index is 0.851. The summed E-state index contributed by atoms with van der Waals surface area (Å²) in [4.78, 5) is 7.25. The third-order valence-electron chi connectivity index (χ3n) is 3.77. The lowest BCUT2D eigenvalue weighted by molar-refractivity contribution is 0.289. The first-order chi connectivity index (χ1) is 9.28. The molecule has 0 amide bonds. The van der Waals surface area contributed by atoms with E-state index in [1.54, 1.807) is 11.3 Å². The maximum atomic E-state index is 4.68. The van der Waals surface area contributed by atoms with E-state index in [0.29, 0.717) is 0 Å². The molecule has 1 aromatic heterocycles. The largest absolute Gasteiger partial charge is 0.360 e. The molecule has 0 aliphatic heterocycles. The first-order valence-corrected chi connectivity index (χ1v) is 7.93. The minimum Gasteiger partial charge on any atom is -0.360 e. The van der Waals surface area contributed by atoms with Crippen LogP contribution in [0, 0.1) is 6.92 Å². The van der Waals surface area contributed by atoms with Crippen LogP contribution in [0.1, 0.15) is 25.3 Å². The average molecular weight is 275 g/mol. The van der Waals surface area contributed by atoms with Gasteiger partial charge in [-0.05, 0) is 37.9 Å². The molecule has 0 atom stereocenters. The molecule has 0 radical (unpaired) electrons. The van der Waals surface area contributed by atoms with Crippen molar-refractivity contribution in [1.29, 1.82) is 0 Å². The number of thiazole rings is 1. The van der Waals surface area contributed by atoms with Crippen molar-refractivity contribution in [2.24, 2.45) is 0 Å². The van der Waals surface area contributed by atoms with Gasteiger partial charge in [0.2, 0.25) is 0 Å². The first-order valence-electron chi connectivity index (χ1n) is 7.12. The molecule has 1 fully saturated rings. The molecule has 1 N–H and O–H groups in total. The number of hydrogen-bond donors (Lipinski definition) is 1. The van der Waals surface area contributed by atoms with E-state index >= 15 is 0 Å². The number of benzene rings is 1. The van der Waals surface area contributed by atoms with Crippen LogP contribution in [0.4, 0.5) is 5.13 Å². The number of rotatable bonds is 6. The van der Waals surface area contributed by atoms with Crippen molar-refractivity contribution in [2.75, 3.05) is 25.0 Å². The molecule has 3 rings (SSSR count). The second kappa shape index (κ2) is 5.47. The lowest BCUT2D eigenvalue weighted by atomic mass is 10.2. The fourth-order valence-corrected chi connectivity index (χ4v) is 3.48. The minimum absolute atomic E-state index is 0.851. The predicted octanol–water partition coefficient (Wildman–Crippen LogP) is 3.50. The summed E-state index contributed by atoms with van der Waals surface area (Å²) < 4.78 is 1.28. The molecule has 1 aliphatic rings. The fraction of sp³-hybridized carbons (Fsp3) is 0.533. The van der Waals surface area contributed by atoms with Crippen LogP contribution in [0.2, 0.25) is 0 Å². The van der Waals surface area contributed by atoms with Crippen LogP contribution >= 0.6 is 11.3 Å². The SMILES string of the molecule is CCN(CCNc1nc2c(C)cccc2s1)C1CC1. The summed E-state index contributed by atoms with van der Waals surface area (Å²) in [6.45, 7) is 7.64. The highest BCUT2D eigenvalue weighted by Crippen LogP contribution is 2.28. The van der Waals surface area contributed by atoms with Gasteiger partial charge in [0.15, 0.2) is 5.13 Å². The summed E-state index contributed by atoms with van der Waals surface area (Å²) in [5.41, 5.74) is 2.40. The maximum absolute atomic E-state index is 4.68. The Morgan fingerprint density at radius 1 is 1.42 bits per heavy atom. The molecule has 1 saturated carbocycles. The summed E-state index contributed by atoms with van der Waals surface area (Å²) in [6, 6.07) is 7.22. The van der Waals surface area contributed by atoms with Crippen LogP contribution < -0.4 is 5.32 Å². The van der Waals surface area contributed by atoms with Gasteiger partial charge in [0.1, 0.15) is 0 Å². The van der Waals surface area contributed by atoms with E-state index in [1.165, 1.54) is 23.1 Å². The zero-order chi connectivity index (χ0) is 13.2. The molecular formula is C15H21N3S. The Bertz CT molecular complexity index is 560. The number of likely N-dealkylation sites (N-methyl/N-ethyl adjacent to an activating group) is 1. The number of hydrogen-bond acceptors (Lipinski definition) is 4.